The number of methoxy groups -OCH3 is 1. The highest BCUT2D eigenvalue weighted by atomic mass is 32.2. The molecule has 2 aromatic carbocycles. The number of aromatic nitrogens is 1. The molecule has 0 atom stereocenters. The molecule has 1 aliphatic rings. The summed E-state index contributed by atoms with van der Waals surface area (Å²) in [4.78, 5) is 19.2. The van der Waals surface area contributed by atoms with E-state index >= 15 is 0 Å². The molecule has 1 amide bonds. The van der Waals surface area contributed by atoms with Crippen molar-refractivity contribution in [3.05, 3.63) is 48.0 Å². The summed E-state index contributed by atoms with van der Waals surface area (Å²) < 4.78 is 33.3. The van der Waals surface area contributed by atoms with E-state index in [0.717, 1.165) is 16.0 Å². The highest BCUT2D eigenvalue weighted by molar-refractivity contribution is 7.89. The summed E-state index contributed by atoms with van der Waals surface area (Å²) in [6.45, 7) is 2.39. The lowest BCUT2D eigenvalue weighted by Crippen LogP contribution is -2.46. The van der Waals surface area contributed by atoms with Crippen LogP contribution < -0.4 is 10.1 Å². The number of thiazole rings is 1. The van der Waals surface area contributed by atoms with E-state index in [-0.39, 0.29) is 17.2 Å². The number of fused-ring (bicyclic) bond motifs is 1. The number of benzene rings is 2. The van der Waals surface area contributed by atoms with Gasteiger partial charge in [0.15, 0.2) is 5.13 Å². The van der Waals surface area contributed by atoms with Gasteiger partial charge in [-0.25, -0.2) is 13.4 Å². The van der Waals surface area contributed by atoms with Gasteiger partial charge in [0.05, 0.1) is 28.6 Å². The number of rotatable bonds is 6. The minimum Gasteiger partial charge on any atom is -0.497 e. The molecular weight excluding hydrogens is 436 g/mol. The Morgan fingerprint density at radius 3 is 2.52 bits per heavy atom. The predicted octanol–water partition coefficient (Wildman–Crippen LogP) is 2.42. The lowest BCUT2D eigenvalue weighted by molar-refractivity contribution is -0.115. The summed E-state index contributed by atoms with van der Waals surface area (Å²) in [6.07, 6.45) is 0.211. The molecule has 1 aliphatic heterocycles. The SMILES string of the molecule is COc1ccc(CC(=O)Nc2nc3ccc(S(=O)(=O)N4CCN(C)CC4)cc3s2)cc1. The fourth-order valence-corrected chi connectivity index (χ4v) is 5.83. The maximum Gasteiger partial charge on any atom is 0.243 e. The molecule has 0 radical (unpaired) electrons. The number of piperazine rings is 1. The summed E-state index contributed by atoms with van der Waals surface area (Å²) in [5, 5.41) is 3.25. The number of amides is 1. The van der Waals surface area contributed by atoms with Crippen LogP contribution in [0.25, 0.3) is 10.2 Å². The van der Waals surface area contributed by atoms with E-state index < -0.39 is 10.0 Å². The van der Waals surface area contributed by atoms with Crippen LogP contribution in [-0.4, -0.2) is 68.9 Å². The fourth-order valence-electron chi connectivity index (χ4n) is 3.39. The minimum absolute atomic E-state index is 0.186. The molecule has 0 saturated carbocycles. The van der Waals surface area contributed by atoms with Crippen molar-refractivity contribution in [2.75, 3.05) is 45.7 Å². The third kappa shape index (κ3) is 4.87. The normalized spacial score (nSPS) is 15.8. The fraction of sp³-hybridized carbons (Fsp3) is 0.333. The number of hydrogen-bond donors (Lipinski definition) is 1. The lowest BCUT2D eigenvalue weighted by atomic mass is 10.1. The van der Waals surface area contributed by atoms with E-state index in [1.807, 2.05) is 31.3 Å². The number of anilines is 1. The van der Waals surface area contributed by atoms with Gasteiger partial charge in [-0.3, -0.25) is 4.79 Å². The van der Waals surface area contributed by atoms with Crippen molar-refractivity contribution in [2.24, 2.45) is 0 Å². The number of nitrogens with one attached hydrogen (secondary N) is 1. The first-order valence-electron chi connectivity index (χ1n) is 9.87. The summed E-state index contributed by atoms with van der Waals surface area (Å²) >= 11 is 1.27. The van der Waals surface area contributed by atoms with Gasteiger partial charge in [-0.05, 0) is 42.9 Å². The second kappa shape index (κ2) is 8.91. The first kappa shape index (κ1) is 21.7. The smallest absolute Gasteiger partial charge is 0.243 e. The van der Waals surface area contributed by atoms with Crippen LogP contribution in [0.5, 0.6) is 5.75 Å². The quantitative estimate of drug-likeness (QED) is 0.608. The van der Waals surface area contributed by atoms with Crippen LogP contribution in [0.1, 0.15) is 5.56 Å². The van der Waals surface area contributed by atoms with Crippen molar-refractivity contribution in [3.8, 4) is 5.75 Å². The molecule has 164 valence electrons. The Kier molecular flexibility index (Phi) is 6.24. The van der Waals surface area contributed by atoms with E-state index in [2.05, 4.69) is 15.2 Å². The molecule has 8 nitrogen and oxygen atoms in total. The Bertz CT molecular complexity index is 1180. The van der Waals surface area contributed by atoms with Crippen LogP contribution in [0, 0.1) is 0 Å². The van der Waals surface area contributed by atoms with E-state index in [4.69, 9.17) is 4.74 Å². The zero-order valence-corrected chi connectivity index (χ0v) is 19.0. The molecule has 0 aliphatic carbocycles. The topological polar surface area (TPSA) is 91.8 Å². The maximum absolute atomic E-state index is 13.0. The molecule has 0 spiro atoms. The van der Waals surface area contributed by atoms with Gasteiger partial charge in [0.1, 0.15) is 5.75 Å². The molecule has 0 bridgehead atoms. The summed E-state index contributed by atoms with van der Waals surface area (Å²) in [6, 6.07) is 12.2. The summed E-state index contributed by atoms with van der Waals surface area (Å²) in [5.74, 6) is 0.548. The minimum atomic E-state index is -3.55. The van der Waals surface area contributed by atoms with Gasteiger partial charge in [-0.2, -0.15) is 4.31 Å². The molecule has 1 N–H and O–H groups in total. The number of likely N-dealkylation sites (N-methyl/N-ethyl adjacent to an activating group) is 1. The molecule has 2 heterocycles. The van der Waals surface area contributed by atoms with Crippen molar-refractivity contribution >= 4 is 42.6 Å². The Morgan fingerprint density at radius 1 is 1.13 bits per heavy atom. The third-order valence-corrected chi connectivity index (χ3v) is 8.06. The highest BCUT2D eigenvalue weighted by Crippen LogP contribution is 2.29. The summed E-state index contributed by atoms with van der Waals surface area (Å²) in [5.41, 5.74) is 1.52. The first-order valence-corrected chi connectivity index (χ1v) is 12.1. The molecule has 1 aromatic heterocycles. The Labute approximate surface area is 185 Å². The second-order valence-electron chi connectivity index (χ2n) is 7.43. The molecule has 1 saturated heterocycles. The number of carbonyl (C=O) groups is 1. The molecular formula is C21H24N4O4S2. The first-order chi connectivity index (χ1) is 14.8. The van der Waals surface area contributed by atoms with Gasteiger partial charge in [0, 0.05) is 26.2 Å². The molecule has 0 unspecified atom stereocenters. The number of ether oxygens (including phenoxy) is 1. The van der Waals surface area contributed by atoms with E-state index in [0.29, 0.717) is 36.8 Å². The van der Waals surface area contributed by atoms with E-state index in [1.165, 1.54) is 15.6 Å². The number of hydrogen-bond acceptors (Lipinski definition) is 7. The molecule has 3 aromatic rings. The standard InChI is InChI=1S/C21H24N4O4S2/c1-24-9-11-25(12-10-24)31(27,28)17-7-8-18-19(14-17)30-21(22-18)23-20(26)13-15-3-5-16(29-2)6-4-15/h3-8,14H,9-13H2,1-2H3,(H,22,23,26). The Morgan fingerprint density at radius 2 is 1.84 bits per heavy atom. The van der Waals surface area contributed by atoms with Gasteiger partial charge in [-0.15, -0.1) is 0 Å². The van der Waals surface area contributed by atoms with Crippen molar-refractivity contribution in [1.82, 2.24) is 14.2 Å². The maximum atomic E-state index is 13.0. The Hall–Kier alpha value is -2.53. The summed E-state index contributed by atoms with van der Waals surface area (Å²) in [7, 11) is 0.0286. The monoisotopic (exact) mass is 460 g/mol. The number of nitrogens with zero attached hydrogens (tertiary/aromatic N) is 3. The van der Waals surface area contributed by atoms with Crippen LogP contribution in [0.4, 0.5) is 5.13 Å². The van der Waals surface area contributed by atoms with Crippen molar-refractivity contribution in [3.63, 3.8) is 0 Å². The van der Waals surface area contributed by atoms with Gasteiger partial charge in [0.2, 0.25) is 15.9 Å². The van der Waals surface area contributed by atoms with Gasteiger partial charge in [-0.1, -0.05) is 23.5 Å². The van der Waals surface area contributed by atoms with Crippen molar-refractivity contribution in [1.29, 1.82) is 0 Å². The van der Waals surface area contributed by atoms with Crippen molar-refractivity contribution < 1.29 is 17.9 Å². The molecule has 31 heavy (non-hydrogen) atoms. The zero-order chi connectivity index (χ0) is 22.0. The second-order valence-corrected chi connectivity index (χ2v) is 10.4. The third-order valence-electron chi connectivity index (χ3n) is 5.23. The van der Waals surface area contributed by atoms with Crippen LogP contribution in [0.15, 0.2) is 47.4 Å². The number of carbonyl (C=O) groups excluding carboxylic acids is 1. The average Bonchev–Trinajstić information content (AvgIpc) is 3.15. The van der Waals surface area contributed by atoms with Gasteiger partial charge >= 0.3 is 0 Å². The van der Waals surface area contributed by atoms with Gasteiger partial charge in [0.25, 0.3) is 0 Å². The highest BCUT2D eigenvalue weighted by Gasteiger charge is 2.27. The van der Waals surface area contributed by atoms with Crippen LogP contribution in [0.3, 0.4) is 0 Å². The lowest BCUT2D eigenvalue weighted by Gasteiger charge is -2.31. The van der Waals surface area contributed by atoms with Crippen LogP contribution in [0.2, 0.25) is 0 Å². The molecule has 4 rings (SSSR count). The largest absolute Gasteiger partial charge is 0.497 e. The van der Waals surface area contributed by atoms with Crippen LogP contribution >= 0.6 is 11.3 Å². The van der Waals surface area contributed by atoms with Gasteiger partial charge < -0.3 is 15.0 Å². The predicted molar refractivity (Wildman–Crippen MR) is 121 cm³/mol. The van der Waals surface area contributed by atoms with E-state index in [9.17, 15) is 13.2 Å². The van der Waals surface area contributed by atoms with E-state index in [1.54, 1.807) is 25.3 Å². The van der Waals surface area contributed by atoms with Crippen LogP contribution in [-0.2, 0) is 21.2 Å². The Balaban J connectivity index is 1.47. The number of sulfonamides is 1. The average molecular weight is 461 g/mol. The van der Waals surface area contributed by atoms with Crippen molar-refractivity contribution in [2.45, 2.75) is 11.3 Å². The molecule has 1 fully saturated rings. The molecule has 10 heteroatoms. The zero-order valence-electron chi connectivity index (χ0n) is 17.4.